The maximum Gasteiger partial charge on any atom is 0.326 e. The second-order valence-corrected chi connectivity index (χ2v) is 8.77. The minimum absolute atomic E-state index is 0.0723. The van der Waals surface area contributed by atoms with Crippen molar-refractivity contribution in [1.29, 1.82) is 0 Å². The predicted octanol–water partition coefficient (Wildman–Crippen LogP) is 4.21. The van der Waals surface area contributed by atoms with Gasteiger partial charge < -0.3 is 20.3 Å². The molecule has 2 aromatic carbocycles. The summed E-state index contributed by atoms with van der Waals surface area (Å²) in [4.78, 5) is 47.3. The lowest BCUT2D eigenvalue weighted by atomic mass is 10.0. The molecule has 1 aliphatic carbocycles. The van der Waals surface area contributed by atoms with Gasteiger partial charge in [0.1, 0.15) is 16.8 Å². The molecule has 3 atom stereocenters. The highest BCUT2D eigenvalue weighted by molar-refractivity contribution is 6.45. The molecule has 34 heavy (non-hydrogen) atoms. The van der Waals surface area contributed by atoms with Gasteiger partial charge in [-0.15, -0.1) is 0 Å². The van der Waals surface area contributed by atoms with Gasteiger partial charge in [-0.05, 0) is 37.8 Å². The van der Waals surface area contributed by atoms with E-state index >= 15 is 0 Å². The van der Waals surface area contributed by atoms with E-state index in [1.165, 1.54) is 6.07 Å². The molecule has 0 aromatic heterocycles. The molecular weight excluding hydrogens is 485 g/mol. The van der Waals surface area contributed by atoms with Crippen molar-refractivity contribution < 1.29 is 34.1 Å². The molecule has 0 unspecified atom stereocenters. The average Bonchev–Trinajstić information content (AvgIpc) is 3.28. The Morgan fingerprint density at radius 1 is 1.00 bits per heavy atom. The number of benzene rings is 2. The topological polar surface area (TPSA) is 130 Å². The van der Waals surface area contributed by atoms with E-state index < -0.39 is 29.8 Å². The van der Waals surface area contributed by atoms with Gasteiger partial charge in [0.25, 0.3) is 0 Å². The lowest BCUT2D eigenvalue weighted by molar-refractivity contribution is -0.143. The van der Waals surface area contributed by atoms with Crippen LogP contribution in [0.4, 0.5) is 0 Å². The van der Waals surface area contributed by atoms with Crippen LogP contribution in [0.5, 0.6) is 5.75 Å². The molecule has 0 spiro atoms. The third-order valence-electron chi connectivity index (χ3n) is 5.64. The Bertz CT molecular complexity index is 1090. The Morgan fingerprint density at radius 3 is 2.35 bits per heavy atom. The van der Waals surface area contributed by atoms with Crippen LogP contribution in [0.2, 0.25) is 10.0 Å². The largest absolute Gasteiger partial charge is 0.489 e. The van der Waals surface area contributed by atoms with Crippen LogP contribution < -0.4 is 10.1 Å². The number of carboxylic acid groups (broad SMARTS) is 2. The van der Waals surface area contributed by atoms with Gasteiger partial charge in [-0.3, -0.25) is 14.4 Å². The van der Waals surface area contributed by atoms with Crippen LogP contribution in [-0.4, -0.2) is 46.0 Å². The summed E-state index contributed by atoms with van der Waals surface area (Å²) in [5.74, 6) is -3.35. The molecule has 0 bridgehead atoms. The first-order chi connectivity index (χ1) is 16.2. The summed E-state index contributed by atoms with van der Waals surface area (Å²) in [6.07, 6.45) is 0.403. The van der Waals surface area contributed by atoms with Gasteiger partial charge >= 0.3 is 11.9 Å². The molecule has 0 saturated heterocycles. The first-order valence-electron chi connectivity index (χ1n) is 10.7. The zero-order valence-electron chi connectivity index (χ0n) is 18.0. The minimum Gasteiger partial charge on any atom is -0.489 e. The fraction of sp³-hybridized carbons (Fsp3) is 0.333. The molecule has 180 valence electrons. The number of rotatable bonds is 10. The van der Waals surface area contributed by atoms with Crippen molar-refractivity contribution in [1.82, 2.24) is 5.32 Å². The highest BCUT2D eigenvalue weighted by Gasteiger charge is 2.34. The van der Waals surface area contributed by atoms with Crippen LogP contribution in [0, 0.1) is 5.92 Å². The molecule has 0 radical (unpaired) electrons. The van der Waals surface area contributed by atoms with Crippen molar-refractivity contribution in [2.75, 3.05) is 0 Å². The van der Waals surface area contributed by atoms with Crippen LogP contribution in [0.15, 0.2) is 42.5 Å². The van der Waals surface area contributed by atoms with Crippen molar-refractivity contribution in [2.24, 2.45) is 5.92 Å². The number of hydrogen-bond acceptors (Lipinski definition) is 5. The number of hydrogen-bond donors (Lipinski definition) is 3. The number of nitrogens with one attached hydrogen (secondary N) is 1. The molecule has 0 aliphatic heterocycles. The van der Waals surface area contributed by atoms with Crippen molar-refractivity contribution in [2.45, 2.75) is 44.2 Å². The Hall–Kier alpha value is -3.10. The summed E-state index contributed by atoms with van der Waals surface area (Å²) in [5.41, 5.74) is 0.719. The maximum absolute atomic E-state index is 12.7. The predicted molar refractivity (Wildman–Crippen MR) is 125 cm³/mol. The van der Waals surface area contributed by atoms with Gasteiger partial charge in [0.05, 0.1) is 11.1 Å². The molecule has 1 aliphatic rings. The van der Waals surface area contributed by atoms with Gasteiger partial charge in [0, 0.05) is 23.5 Å². The number of amides is 1. The van der Waals surface area contributed by atoms with Crippen LogP contribution in [-0.2, 0) is 14.4 Å². The third kappa shape index (κ3) is 6.27. The number of ketones is 1. The standard InChI is InChI=1S/C24H23Cl2NO7/c25-20-16(22(30)13-4-2-1-3-5-13)8-10-18(21(20)26)34-15-7-6-14(12-15)23(31)27-17(24(32)33)9-11-19(28)29/h1-5,8,10,14-15,17H,6-7,9,11-12H2,(H,27,31)(H,28,29)(H,32,33)/t14-,15-,17+/m1/s1. The summed E-state index contributed by atoms with van der Waals surface area (Å²) < 4.78 is 5.94. The number of carbonyl (C=O) groups is 4. The van der Waals surface area contributed by atoms with Crippen molar-refractivity contribution in [3.8, 4) is 5.75 Å². The van der Waals surface area contributed by atoms with E-state index in [-0.39, 0.29) is 46.1 Å². The van der Waals surface area contributed by atoms with E-state index in [1.54, 1.807) is 36.4 Å². The number of ether oxygens (including phenoxy) is 1. The quantitative estimate of drug-likeness (QED) is 0.410. The Morgan fingerprint density at radius 2 is 1.71 bits per heavy atom. The number of carbonyl (C=O) groups excluding carboxylic acids is 2. The van der Waals surface area contributed by atoms with Gasteiger partial charge in [0.15, 0.2) is 5.78 Å². The molecule has 2 aromatic rings. The van der Waals surface area contributed by atoms with Gasteiger partial charge in [-0.25, -0.2) is 4.79 Å². The summed E-state index contributed by atoms with van der Waals surface area (Å²) in [6.45, 7) is 0. The van der Waals surface area contributed by atoms with Crippen molar-refractivity contribution in [3.63, 3.8) is 0 Å². The first-order valence-corrected chi connectivity index (χ1v) is 11.4. The smallest absolute Gasteiger partial charge is 0.326 e. The third-order valence-corrected chi connectivity index (χ3v) is 6.50. The monoisotopic (exact) mass is 507 g/mol. The van der Waals surface area contributed by atoms with E-state index in [0.29, 0.717) is 24.8 Å². The van der Waals surface area contributed by atoms with E-state index in [4.69, 9.17) is 33.0 Å². The molecule has 8 nitrogen and oxygen atoms in total. The molecule has 1 saturated carbocycles. The molecule has 10 heteroatoms. The lowest BCUT2D eigenvalue weighted by Crippen LogP contribution is -2.43. The fourth-order valence-electron chi connectivity index (χ4n) is 3.82. The average molecular weight is 508 g/mol. The number of halogens is 2. The van der Waals surface area contributed by atoms with E-state index in [2.05, 4.69) is 5.32 Å². The molecule has 1 fully saturated rings. The van der Waals surface area contributed by atoms with Crippen LogP contribution in [0.1, 0.15) is 48.0 Å². The summed E-state index contributed by atoms with van der Waals surface area (Å²) in [5, 5.41) is 20.6. The van der Waals surface area contributed by atoms with E-state index in [9.17, 15) is 24.3 Å². The zero-order chi connectivity index (χ0) is 24.8. The lowest BCUT2D eigenvalue weighted by Gasteiger charge is -2.18. The van der Waals surface area contributed by atoms with Crippen LogP contribution in [0.25, 0.3) is 0 Å². The highest BCUT2D eigenvalue weighted by Crippen LogP contribution is 2.38. The number of carboxylic acids is 2. The van der Waals surface area contributed by atoms with Gasteiger partial charge in [-0.1, -0.05) is 53.5 Å². The van der Waals surface area contributed by atoms with E-state index in [1.807, 2.05) is 0 Å². The summed E-state index contributed by atoms with van der Waals surface area (Å²) in [7, 11) is 0. The Kier molecular flexibility index (Phi) is 8.52. The molecule has 3 N–H and O–H groups in total. The summed E-state index contributed by atoms with van der Waals surface area (Å²) >= 11 is 12.7. The van der Waals surface area contributed by atoms with Gasteiger partial charge in [-0.2, -0.15) is 0 Å². The highest BCUT2D eigenvalue weighted by atomic mass is 35.5. The fourth-order valence-corrected chi connectivity index (χ4v) is 4.27. The zero-order valence-corrected chi connectivity index (χ0v) is 19.5. The second-order valence-electron chi connectivity index (χ2n) is 8.02. The Balaban J connectivity index is 1.62. The van der Waals surface area contributed by atoms with Crippen molar-refractivity contribution >= 4 is 46.8 Å². The maximum atomic E-state index is 12.7. The summed E-state index contributed by atoms with van der Waals surface area (Å²) in [6, 6.07) is 10.5. The van der Waals surface area contributed by atoms with Crippen LogP contribution in [0.3, 0.4) is 0 Å². The van der Waals surface area contributed by atoms with Crippen LogP contribution >= 0.6 is 23.2 Å². The van der Waals surface area contributed by atoms with Gasteiger partial charge in [0.2, 0.25) is 5.91 Å². The number of aliphatic carboxylic acids is 2. The Labute approximate surface area is 205 Å². The van der Waals surface area contributed by atoms with Crippen molar-refractivity contribution in [3.05, 3.63) is 63.6 Å². The minimum atomic E-state index is -1.29. The second kappa shape index (κ2) is 11.4. The molecule has 3 rings (SSSR count). The normalized spacial score (nSPS) is 18.2. The molecule has 0 heterocycles. The van der Waals surface area contributed by atoms with E-state index in [0.717, 1.165) is 0 Å². The molecular formula is C24H23Cl2NO7. The SMILES string of the molecule is O=C(O)CC[C@H](NC(=O)[C@@H]1CC[C@@H](Oc2ccc(C(=O)c3ccccc3)c(Cl)c2Cl)C1)C(=O)O. The first kappa shape index (κ1) is 25.5. The molecule has 1 amide bonds.